The van der Waals surface area contributed by atoms with Crippen molar-refractivity contribution >= 4 is 85.4 Å². The van der Waals surface area contributed by atoms with Crippen LogP contribution < -0.4 is 0 Å². The number of benzene rings is 2. The average molecular weight is 524 g/mol. The first-order valence-electron chi connectivity index (χ1n) is 5.57. The Morgan fingerprint density at radius 3 is 2.40 bits per heavy atom. The van der Waals surface area contributed by atoms with E-state index in [0.29, 0.717) is 0 Å². The van der Waals surface area contributed by atoms with Crippen molar-refractivity contribution in [2.45, 2.75) is 0 Å². The smallest absolute Gasteiger partial charge is 0.125 e. The molecule has 4 nitrogen and oxygen atoms in total. The van der Waals surface area contributed by atoms with Gasteiger partial charge < -0.3 is 0 Å². The second kappa shape index (κ2) is 4.53. The third-order valence-corrected chi connectivity index (χ3v) is 7.51. The van der Waals surface area contributed by atoms with Crippen molar-refractivity contribution < 1.29 is 0 Å². The number of hydrogen-bond donors (Lipinski definition) is 1. The molecule has 0 saturated carbocycles. The molecule has 0 fully saturated rings. The Balaban J connectivity index is 2.49. The third kappa shape index (κ3) is 1.56. The monoisotopic (exact) mass is 520 g/mol. The lowest BCUT2D eigenvalue weighted by Gasteiger charge is -2.20. The molecule has 0 aromatic heterocycles. The lowest BCUT2D eigenvalue weighted by Crippen LogP contribution is -2.12. The normalized spacial score (nSPS) is 12.0. The highest BCUT2D eigenvalue weighted by molar-refractivity contribution is 9.13. The van der Waals surface area contributed by atoms with Crippen molar-refractivity contribution in [1.82, 2.24) is 20.2 Å². The summed E-state index contributed by atoms with van der Waals surface area (Å²) in [5.41, 5.74) is 1.87. The number of halogens is 4. The van der Waals surface area contributed by atoms with E-state index < -0.39 is 0 Å². The van der Waals surface area contributed by atoms with Crippen molar-refractivity contribution in [2.24, 2.45) is 0 Å². The topological polar surface area (TPSA) is 46.5 Å². The summed E-state index contributed by atoms with van der Waals surface area (Å²) < 4.78 is 5.49. The summed E-state index contributed by atoms with van der Waals surface area (Å²) in [6.07, 6.45) is 0. The number of pyridine rings is 1. The molecular weight excluding hydrogens is 520 g/mol. The number of aromatic amines is 1. The number of aromatic nitrogens is 4. The molecule has 8 heteroatoms. The molecule has 2 aliphatic rings. The van der Waals surface area contributed by atoms with Gasteiger partial charge in [0, 0.05) is 15.2 Å². The first-order valence-corrected chi connectivity index (χ1v) is 8.74. The van der Waals surface area contributed by atoms with Gasteiger partial charge in [0.2, 0.25) is 0 Å². The molecule has 0 saturated heterocycles. The second-order valence-corrected chi connectivity index (χ2v) is 7.43. The van der Waals surface area contributed by atoms with Gasteiger partial charge in [-0.25, -0.2) is 4.68 Å². The summed E-state index contributed by atoms with van der Waals surface area (Å²) >= 11 is 14.5. The molecular formula is C12H4Br4N4. The molecule has 2 aromatic carbocycles. The Labute approximate surface area is 146 Å². The lowest BCUT2D eigenvalue weighted by atomic mass is 10.0. The minimum atomic E-state index is 0.832. The van der Waals surface area contributed by atoms with Crippen LogP contribution in [0.2, 0.25) is 0 Å². The standard InChI is InChI=1S/C12H4Br4N4/c13-7-4-2-1-3-5-6(4)11-10(9(7)15)17-18-19-20(11)12(16)8(5)14/h1-3H,(H,17,19). The fraction of sp³-hybridized carbons (Fsp3) is 0. The van der Waals surface area contributed by atoms with Crippen LogP contribution in [0.5, 0.6) is 0 Å². The van der Waals surface area contributed by atoms with Crippen molar-refractivity contribution in [2.75, 3.05) is 0 Å². The molecule has 0 atom stereocenters. The van der Waals surface area contributed by atoms with E-state index in [4.69, 9.17) is 0 Å². The zero-order chi connectivity index (χ0) is 14.0. The quantitative estimate of drug-likeness (QED) is 0.248. The molecule has 0 aliphatic carbocycles. The van der Waals surface area contributed by atoms with E-state index in [1.807, 2.05) is 6.07 Å². The minimum absolute atomic E-state index is 0.832. The highest BCUT2D eigenvalue weighted by Crippen LogP contribution is 2.46. The van der Waals surface area contributed by atoms with Crippen LogP contribution in [0.3, 0.4) is 0 Å². The Hall–Kier alpha value is -0.440. The fourth-order valence-corrected chi connectivity index (χ4v) is 4.43. The number of nitrogens with zero attached hydrogens (tertiary/aromatic N) is 3. The van der Waals surface area contributed by atoms with E-state index in [1.54, 1.807) is 4.68 Å². The Kier molecular flexibility index (Phi) is 3.00. The van der Waals surface area contributed by atoms with Crippen molar-refractivity contribution in [3.8, 4) is 5.69 Å². The molecule has 4 rings (SSSR count). The first kappa shape index (κ1) is 13.2. The Bertz CT molecular complexity index is 955. The van der Waals surface area contributed by atoms with E-state index in [1.165, 1.54) is 0 Å². The van der Waals surface area contributed by atoms with Gasteiger partial charge in [0.15, 0.2) is 0 Å². The first-order chi connectivity index (χ1) is 9.61. The number of rotatable bonds is 0. The van der Waals surface area contributed by atoms with Crippen LogP contribution in [0, 0.1) is 0 Å². The van der Waals surface area contributed by atoms with Gasteiger partial charge in [0.05, 0.1) is 14.5 Å². The number of nitrogens with one attached hydrogen (secondary N) is 1. The van der Waals surface area contributed by atoms with Gasteiger partial charge in [-0.3, -0.25) is 5.10 Å². The molecule has 0 unspecified atom stereocenters. The summed E-state index contributed by atoms with van der Waals surface area (Å²) in [6.45, 7) is 0. The summed E-state index contributed by atoms with van der Waals surface area (Å²) in [5, 5.41) is 14.5. The summed E-state index contributed by atoms with van der Waals surface area (Å²) in [7, 11) is 0. The van der Waals surface area contributed by atoms with E-state index in [-0.39, 0.29) is 0 Å². The minimum Gasteiger partial charge on any atom is -0.255 e. The third-order valence-electron chi connectivity index (χ3n) is 3.30. The molecule has 20 heavy (non-hydrogen) atoms. The van der Waals surface area contributed by atoms with Crippen LogP contribution in [-0.2, 0) is 0 Å². The largest absolute Gasteiger partial charge is 0.255 e. The molecule has 1 N–H and O–H groups in total. The molecule has 2 heterocycles. The lowest BCUT2D eigenvalue weighted by molar-refractivity contribution is 0.679. The molecule has 0 radical (unpaired) electrons. The number of hydrogen-bond acceptors (Lipinski definition) is 2. The molecule has 0 bridgehead atoms. The highest BCUT2D eigenvalue weighted by atomic mass is 79.9. The van der Waals surface area contributed by atoms with E-state index in [0.717, 1.165) is 45.4 Å². The zero-order valence-electron chi connectivity index (χ0n) is 9.59. The average Bonchev–Trinajstić information content (AvgIpc) is 2.48. The van der Waals surface area contributed by atoms with Gasteiger partial charge >= 0.3 is 0 Å². The van der Waals surface area contributed by atoms with Crippen LogP contribution >= 0.6 is 63.7 Å². The van der Waals surface area contributed by atoms with E-state index >= 15 is 0 Å². The van der Waals surface area contributed by atoms with Crippen LogP contribution in [0.25, 0.3) is 27.4 Å². The maximum Gasteiger partial charge on any atom is 0.125 e. The van der Waals surface area contributed by atoms with Gasteiger partial charge in [-0.05, 0) is 74.3 Å². The molecule has 100 valence electrons. The fourth-order valence-electron chi connectivity index (χ4n) is 2.45. The maximum atomic E-state index is 4.16. The van der Waals surface area contributed by atoms with Gasteiger partial charge in [0.25, 0.3) is 0 Å². The van der Waals surface area contributed by atoms with Crippen LogP contribution in [0.4, 0.5) is 0 Å². The molecule has 0 spiro atoms. The van der Waals surface area contributed by atoms with Gasteiger partial charge in [0.1, 0.15) is 10.3 Å². The van der Waals surface area contributed by atoms with Crippen molar-refractivity contribution in [3.63, 3.8) is 0 Å². The van der Waals surface area contributed by atoms with Crippen LogP contribution in [-0.4, -0.2) is 20.2 Å². The predicted octanol–water partition coefficient (Wildman–Crippen LogP) is 5.39. The predicted molar refractivity (Wildman–Crippen MR) is 92.7 cm³/mol. The zero-order valence-corrected chi connectivity index (χ0v) is 15.9. The van der Waals surface area contributed by atoms with Gasteiger partial charge in [-0.1, -0.05) is 23.4 Å². The molecule has 2 aromatic rings. The van der Waals surface area contributed by atoms with Crippen LogP contribution in [0.1, 0.15) is 0 Å². The Morgan fingerprint density at radius 1 is 0.950 bits per heavy atom. The highest BCUT2D eigenvalue weighted by Gasteiger charge is 2.23. The SMILES string of the molecule is Brc1c(Br)c2cccc3c(Br)c(Br)n4nn[nH]c1c-4c23. The maximum absolute atomic E-state index is 4.16. The van der Waals surface area contributed by atoms with E-state index in [2.05, 4.69) is 91.4 Å². The Morgan fingerprint density at radius 2 is 1.65 bits per heavy atom. The summed E-state index contributed by atoms with van der Waals surface area (Å²) in [6, 6.07) is 6.20. The summed E-state index contributed by atoms with van der Waals surface area (Å²) in [5.74, 6) is 0. The molecule has 0 amide bonds. The second-order valence-electron chi connectivity index (χ2n) is 4.30. The van der Waals surface area contributed by atoms with Crippen LogP contribution in [0.15, 0.2) is 36.2 Å². The number of H-pyrrole nitrogens is 1. The molecule has 2 aliphatic heterocycles. The summed E-state index contributed by atoms with van der Waals surface area (Å²) in [4.78, 5) is 0. The van der Waals surface area contributed by atoms with Gasteiger partial charge in [-0.2, -0.15) is 0 Å². The van der Waals surface area contributed by atoms with Crippen molar-refractivity contribution in [3.05, 3.63) is 36.2 Å². The van der Waals surface area contributed by atoms with Gasteiger partial charge in [-0.15, -0.1) is 0 Å². The van der Waals surface area contributed by atoms with Crippen molar-refractivity contribution in [1.29, 1.82) is 0 Å². The van der Waals surface area contributed by atoms with E-state index in [9.17, 15) is 0 Å².